The van der Waals surface area contributed by atoms with Crippen LogP contribution in [0.1, 0.15) is 34.1 Å². The van der Waals surface area contributed by atoms with E-state index in [1.54, 1.807) is 6.92 Å². The summed E-state index contributed by atoms with van der Waals surface area (Å²) in [7, 11) is 0. The fourth-order valence-electron chi connectivity index (χ4n) is 1.91. The first-order chi connectivity index (χ1) is 7.51. The lowest BCUT2D eigenvalue weighted by Gasteiger charge is -2.35. The number of hydrogen-bond donors (Lipinski definition) is 1. The predicted molar refractivity (Wildman–Crippen MR) is 69.2 cm³/mol. The lowest BCUT2D eigenvalue weighted by Crippen LogP contribution is -3.00. The summed E-state index contributed by atoms with van der Waals surface area (Å²) in [5, 5.41) is 2.88. The number of amides is 1. The third-order valence-corrected chi connectivity index (χ3v) is 3.49. The molecule has 17 heavy (non-hydrogen) atoms. The normalized spacial score (nSPS) is 10.6. The van der Waals surface area contributed by atoms with E-state index in [0.717, 1.165) is 24.0 Å². The monoisotopic (exact) mass is 306 g/mol. The van der Waals surface area contributed by atoms with Crippen LogP contribution in [0.25, 0.3) is 0 Å². The van der Waals surface area contributed by atoms with Gasteiger partial charge in [0.2, 0.25) is 5.91 Å². The number of nitrogens with zero attached hydrogens (tertiary/aromatic N) is 1. The molecule has 0 aromatic carbocycles. The lowest BCUT2D eigenvalue weighted by molar-refractivity contribution is -0.923. The second-order valence-electron chi connectivity index (χ2n) is 4.40. The first-order valence-corrected chi connectivity index (χ1v) is 6.30. The number of rotatable bonds is 8. The van der Waals surface area contributed by atoms with E-state index in [1.807, 2.05) is 0 Å². The minimum absolute atomic E-state index is 0. The molecular weight excluding hydrogens is 280 g/mol. The molecule has 0 unspecified atom stereocenters. The summed E-state index contributed by atoms with van der Waals surface area (Å²) in [5.41, 5.74) is 0.585. The van der Waals surface area contributed by atoms with E-state index < -0.39 is 0 Å². The third-order valence-electron chi connectivity index (χ3n) is 3.49. The second-order valence-corrected chi connectivity index (χ2v) is 4.40. The maximum absolute atomic E-state index is 11.3. The van der Waals surface area contributed by atoms with E-state index in [9.17, 15) is 4.79 Å². The number of halogens is 1. The molecule has 0 aromatic heterocycles. The first kappa shape index (κ1) is 19.0. The minimum Gasteiger partial charge on any atom is -1.00 e. The van der Waals surface area contributed by atoms with Gasteiger partial charge in [0.1, 0.15) is 0 Å². The van der Waals surface area contributed by atoms with E-state index in [-0.39, 0.29) is 22.9 Å². The topological polar surface area (TPSA) is 29.1 Å². The van der Waals surface area contributed by atoms with Gasteiger partial charge in [-0.05, 0) is 27.7 Å². The van der Waals surface area contributed by atoms with Gasteiger partial charge in [0.25, 0.3) is 0 Å². The average Bonchev–Trinajstić information content (AvgIpc) is 2.30. The summed E-state index contributed by atoms with van der Waals surface area (Å²) in [6.45, 7) is 17.5. The van der Waals surface area contributed by atoms with E-state index in [0.29, 0.717) is 5.57 Å². The Bertz CT molecular complexity index is 229. The zero-order valence-corrected chi connectivity index (χ0v) is 13.3. The van der Waals surface area contributed by atoms with Crippen molar-refractivity contribution in [3.05, 3.63) is 12.2 Å². The van der Waals surface area contributed by atoms with Gasteiger partial charge in [0, 0.05) is 18.5 Å². The molecule has 0 saturated carbocycles. The zero-order chi connectivity index (χ0) is 12.6. The van der Waals surface area contributed by atoms with Crippen LogP contribution in [0.4, 0.5) is 0 Å². The summed E-state index contributed by atoms with van der Waals surface area (Å²) in [5.74, 6) is -0.0254. The Labute approximate surface area is 117 Å². The summed E-state index contributed by atoms with van der Waals surface area (Å²) < 4.78 is 1.14. The van der Waals surface area contributed by atoms with Crippen molar-refractivity contribution in [3.63, 3.8) is 0 Å². The predicted octanol–water partition coefficient (Wildman–Crippen LogP) is -1.05. The highest BCUT2D eigenvalue weighted by Gasteiger charge is 2.19. The summed E-state index contributed by atoms with van der Waals surface area (Å²) in [6.07, 6.45) is 1.04. The van der Waals surface area contributed by atoms with Crippen LogP contribution in [-0.4, -0.2) is 43.1 Å². The molecule has 3 nitrogen and oxygen atoms in total. The van der Waals surface area contributed by atoms with Crippen LogP contribution in [0.15, 0.2) is 12.2 Å². The van der Waals surface area contributed by atoms with Gasteiger partial charge in [-0.1, -0.05) is 6.58 Å². The van der Waals surface area contributed by atoms with Crippen molar-refractivity contribution in [2.24, 2.45) is 0 Å². The summed E-state index contributed by atoms with van der Waals surface area (Å²) in [4.78, 5) is 11.3. The molecule has 4 heteroatoms. The molecule has 1 N–H and O–H groups in total. The first-order valence-electron chi connectivity index (χ1n) is 6.30. The number of carbonyl (C=O) groups is 1. The van der Waals surface area contributed by atoms with E-state index in [1.165, 1.54) is 19.6 Å². The quantitative estimate of drug-likeness (QED) is 0.346. The highest BCUT2D eigenvalue weighted by atomic mass is 79.9. The molecule has 0 spiro atoms. The molecule has 0 rings (SSSR count). The Morgan fingerprint density at radius 2 is 1.65 bits per heavy atom. The molecular formula is C13H27BrN2O. The van der Waals surface area contributed by atoms with Crippen molar-refractivity contribution in [1.29, 1.82) is 0 Å². The van der Waals surface area contributed by atoms with Gasteiger partial charge in [-0.3, -0.25) is 4.79 Å². The molecule has 0 saturated heterocycles. The Kier molecular flexibility index (Phi) is 10.8. The number of hydrogen-bond acceptors (Lipinski definition) is 1. The van der Waals surface area contributed by atoms with Gasteiger partial charge < -0.3 is 26.8 Å². The van der Waals surface area contributed by atoms with Crippen molar-refractivity contribution in [3.8, 4) is 0 Å². The molecule has 0 radical (unpaired) electrons. The Hall–Kier alpha value is -0.350. The molecule has 0 aliphatic rings. The minimum atomic E-state index is -0.0254. The van der Waals surface area contributed by atoms with Gasteiger partial charge in [-0.15, -0.1) is 0 Å². The Balaban J connectivity index is 0. The summed E-state index contributed by atoms with van der Waals surface area (Å²) >= 11 is 0. The van der Waals surface area contributed by atoms with Crippen LogP contribution in [0, 0.1) is 0 Å². The lowest BCUT2D eigenvalue weighted by atomic mass is 10.2. The molecule has 0 atom stereocenters. The third kappa shape index (κ3) is 6.84. The number of nitrogens with one attached hydrogen (secondary N) is 1. The van der Waals surface area contributed by atoms with Crippen LogP contribution in [0.5, 0.6) is 0 Å². The smallest absolute Gasteiger partial charge is 0.246 e. The van der Waals surface area contributed by atoms with Gasteiger partial charge >= 0.3 is 0 Å². The van der Waals surface area contributed by atoms with Crippen LogP contribution < -0.4 is 22.3 Å². The molecule has 1 amide bonds. The fourth-order valence-corrected chi connectivity index (χ4v) is 1.91. The molecule has 102 valence electrons. The largest absolute Gasteiger partial charge is 1.00 e. The highest BCUT2D eigenvalue weighted by molar-refractivity contribution is 5.91. The van der Waals surface area contributed by atoms with Gasteiger partial charge in [0.15, 0.2) is 0 Å². The van der Waals surface area contributed by atoms with Crippen molar-refractivity contribution >= 4 is 5.91 Å². The van der Waals surface area contributed by atoms with Crippen LogP contribution >= 0.6 is 0 Å². The molecule has 0 aliphatic heterocycles. The maximum Gasteiger partial charge on any atom is 0.246 e. The van der Waals surface area contributed by atoms with Crippen LogP contribution in [0.2, 0.25) is 0 Å². The molecule has 0 fully saturated rings. The highest BCUT2D eigenvalue weighted by Crippen LogP contribution is 2.06. The summed E-state index contributed by atoms with van der Waals surface area (Å²) in [6, 6.07) is 0. The van der Waals surface area contributed by atoms with Gasteiger partial charge in [-0.2, -0.15) is 0 Å². The average molecular weight is 307 g/mol. The van der Waals surface area contributed by atoms with E-state index in [4.69, 9.17) is 0 Å². The van der Waals surface area contributed by atoms with Crippen molar-refractivity contribution < 1.29 is 26.3 Å². The van der Waals surface area contributed by atoms with Gasteiger partial charge in [-0.25, -0.2) is 0 Å². The van der Waals surface area contributed by atoms with E-state index >= 15 is 0 Å². The number of quaternary nitrogens is 1. The Morgan fingerprint density at radius 3 is 2.00 bits per heavy atom. The van der Waals surface area contributed by atoms with Crippen LogP contribution in [-0.2, 0) is 4.79 Å². The molecule has 0 aliphatic carbocycles. The maximum atomic E-state index is 11.3. The van der Waals surface area contributed by atoms with Gasteiger partial charge in [0.05, 0.1) is 26.2 Å². The molecule has 0 bridgehead atoms. The standard InChI is InChI=1S/C13H26N2O.BrH/c1-6-15(7-2,8-3)11-9-10-14-13(16)12(4)5;/h4,6-11H2,1-3,5H3;1H. The van der Waals surface area contributed by atoms with E-state index in [2.05, 4.69) is 32.7 Å². The van der Waals surface area contributed by atoms with Crippen molar-refractivity contribution in [2.45, 2.75) is 34.1 Å². The fraction of sp³-hybridized carbons (Fsp3) is 0.769. The number of carbonyl (C=O) groups excluding carboxylic acids is 1. The van der Waals surface area contributed by atoms with Crippen molar-refractivity contribution in [1.82, 2.24) is 5.32 Å². The van der Waals surface area contributed by atoms with Crippen LogP contribution in [0.3, 0.4) is 0 Å². The molecule has 0 aromatic rings. The Morgan fingerprint density at radius 1 is 1.18 bits per heavy atom. The molecule has 0 heterocycles. The zero-order valence-electron chi connectivity index (χ0n) is 11.7. The SMILES string of the molecule is C=C(C)C(=O)NCCC[N+](CC)(CC)CC.[Br-]. The van der Waals surface area contributed by atoms with Crippen molar-refractivity contribution in [2.75, 3.05) is 32.7 Å². The second kappa shape index (κ2) is 9.66.